The van der Waals surface area contributed by atoms with Crippen LogP contribution in [0, 0.1) is 17.1 Å². The van der Waals surface area contributed by atoms with Crippen LogP contribution in [0.4, 0.5) is 4.39 Å². The van der Waals surface area contributed by atoms with Gasteiger partial charge in [-0.25, -0.2) is 4.39 Å². The Hall–Kier alpha value is -1.60. The van der Waals surface area contributed by atoms with Gasteiger partial charge in [0.15, 0.2) is 0 Å². The van der Waals surface area contributed by atoms with Crippen LogP contribution in [0.3, 0.4) is 0 Å². The van der Waals surface area contributed by atoms with Crippen molar-refractivity contribution < 1.29 is 9.18 Å². The molecule has 0 unspecified atom stereocenters. The summed E-state index contributed by atoms with van der Waals surface area (Å²) >= 11 is 5.78. The van der Waals surface area contributed by atoms with Crippen LogP contribution in [-0.2, 0) is 11.2 Å². The third-order valence-electron chi connectivity index (χ3n) is 2.60. The Balaban J connectivity index is 2.52. The molecule has 0 spiro atoms. The van der Waals surface area contributed by atoms with Crippen molar-refractivity contribution in [2.45, 2.75) is 19.3 Å². The number of nitrogens with zero attached hydrogens (tertiary/aromatic N) is 2. The first-order valence-electron chi connectivity index (χ1n) is 5.59. The Labute approximate surface area is 111 Å². The third kappa shape index (κ3) is 4.34. The topological polar surface area (TPSA) is 44.1 Å². The number of halogens is 2. The third-order valence-corrected chi connectivity index (χ3v) is 2.84. The lowest BCUT2D eigenvalue weighted by Crippen LogP contribution is -2.28. The maximum Gasteiger partial charge on any atom is 0.223 e. The van der Waals surface area contributed by atoms with Crippen LogP contribution < -0.4 is 0 Å². The normalized spacial score (nSPS) is 9.89. The van der Waals surface area contributed by atoms with E-state index in [1.165, 1.54) is 17.0 Å². The molecule has 18 heavy (non-hydrogen) atoms. The number of amides is 1. The zero-order valence-electron chi connectivity index (χ0n) is 10.1. The van der Waals surface area contributed by atoms with Crippen molar-refractivity contribution >= 4 is 17.5 Å². The number of likely N-dealkylation sites (N-methyl/N-ethyl adjacent to an activating group) is 1. The van der Waals surface area contributed by atoms with E-state index in [9.17, 15) is 9.18 Å². The van der Waals surface area contributed by atoms with Crippen LogP contribution in [0.15, 0.2) is 18.2 Å². The highest BCUT2D eigenvalue weighted by atomic mass is 35.5. The Morgan fingerprint density at radius 3 is 2.94 bits per heavy atom. The molecule has 0 radical (unpaired) electrons. The molecular formula is C13H14ClFN2O. The predicted molar refractivity (Wildman–Crippen MR) is 67.6 cm³/mol. The van der Waals surface area contributed by atoms with Gasteiger partial charge < -0.3 is 4.90 Å². The highest BCUT2D eigenvalue weighted by Crippen LogP contribution is 2.15. The fourth-order valence-corrected chi connectivity index (χ4v) is 1.70. The average molecular weight is 269 g/mol. The van der Waals surface area contributed by atoms with E-state index in [4.69, 9.17) is 16.9 Å². The molecule has 0 aromatic heterocycles. The van der Waals surface area contributed by atoms with Gasteiger partial charge in [-0.15, -0.1) is 0 Å². The summed E-state index contributed by atoms with van der Waals surface area (Å²) in [7, 11) is 1.64. The van der Waals surface area contributed by atoms with E-state index in [2.05, 4.69) is 0 Å². The Morgan fingerprint density at radius 1 is 1.56 bits per heavy atom. The molecule has 0 aliphatic carbocycles. The summed E-state index contributed by atoms with van der Waals surface area (Å²) in [5.74, 6) is -0.434. The molecule has 5 heteroatoms. The van der Waals surface area contributed by atoms with Crippen LogP contribution in [0.2, 0.25) is 5.02 Å². The summed E-state index contributed by atoms with van der Waals surface area (Å²) in [6.45, 7) is 0.404. The maximum absolute atomic E-state index is 13.4. The standard InChI is InChI=1S/C13H14ClFN2O/c1-17(13(18)3-2-7-16)8-6-10-9-11(14)4-5-12(10)15/h4-5,9H,2-3,6,8H2,1H3. The lowest BCUT2D eigenvalue weighted by atomic mass is 10.1. The summed E-state index contributed by atoms with van der Waals surface area (Å²) in [5.41, 5.74) is 0.488. The summed E-state index contributed by atoms with van der Waals surface area (Å²) in [6.07, 6.45) is 0.806. The quantitative estimate of drug-likeness (QED) is 0.824. The molecule has 96 valence electrons. The molecule has 0 N–H and O–H groups in total. The Bertz CT molecular complexity index is 471. The first-order valence-corrected chi connectivity index (χ1v) is 5.97. The molecule has 1 rings (SSSR count). The minimum absolute atomic E-state index is 0.112. The fraction of sp³-hybridized carbons (Fsp3) is 0.385. The van der Waals surface area contributed by atoms with Crippen LogP contribution in [0.5, 0.6) is 0 Å². The number of hydrogen-bond acceptors (Lipinski definition) is 2. The van der Waals surface area contributed by atoms with Crippen LogP contribution in [0.1, 0.15) is 18.4 Å². The number of carbonyl (C=O) groups is 1. The van der Waals surface area contributed by atoms with Crippen LogP contribution in [0.25, 0.3) is 0 Å². The lowest BCUT2D eigenvalue weighted by Gasteiger charge is -2.16. The first-order chi connectivity index (χ1) is 8.54. The molecule has 1 amide bonds. The number of hydrogen-bond donors (Lipinski definition) is 0. The minimum Gasteiger partial charge on any atom is -0.345 e. The molecule has 1 aromatic rings. The molecule has 0 fully saturated rings. The molecule has 0 atom stereocenters. The van der Waals surface area contributed by atoms with E-state index in [1.807, 2.05) is 6.07 Å². The van der Waals surface area contributed by atoms with Gasteiger partial charge in [-0.1, -0.05) is 11.6 Å². The second-order valence-electron chi connectivity index (χ2n) is 3.96. The van der Waals surface area contributed by atoms with Crippen molar-refractivity contribution in [1.29, 1.82) is 5.26 Å². The molecule has 1 aromatic carbocycles. The van der Waals surface area contributed by atoms with Gasteiger partial charge in [0, 0.05) is 31.5 Å². The Kier molecular flexibility index (Phi) is 5.60. The number of nitriles is 1. The van der Waals surface area contributed by atoms with Gasteiger partial charge >= 0.3 is 0 Å². The predicted octanol–water partition coefficient (Wildman–Crippen LogP) is 2.78. The summed E-state index contributed by atoms with van der Waals surface area (Å²) in [6, 6.07) is 6.28. The zero-order valence-corrected chi connectivity index (χ0v) is 10.9. The zero-order chi connectivity index (χ0) is 13.5. The molecule has 3 nitrogen and oxygen atoms in total. The van der Waals surface area contributed by atoms with Crippen molar-refractivity contribution in [2.75, 3.05) is 13.6 Å². The van der Waals surface area contributed by atoms with Gasteiger partial charge in [0.05, 0.1) is 6.07 Å². The highest BCUT2D eigenvalue weighted by Gasteiger charge is 2.10. The minimum atomic E-state index is -0.322. The van der Waals surface area contributed by atoms with Crippen molar-refractivity contribution in [3.05, 3.63) is 34.6 Å². The maximum atomic E-state index is 13.4. The SMILES string of the molecule is CN(CCc1cc(Cl)ccc1F)C(=O)CCC#N. The number of carbonyl (C=O) groups excluding carboxylic acids is 1. The van der Waals surface area contributed by atoms with Gasteiger partial charge in [-0.3, -0.25) is 4.79 Å². The van der Waals surface area contributed by atoms with E-state index >= 15 is 0 Å². The Morgan fingerprint density at radius 2 is 2.28 bits per heavy atom. The molecular weight excluding hydrogens is 255 g/mol. The average Bonchev–Trinajstić information content (AvgIpc) is 2.36. The fourth-order valence-electron chi connectivity index (χ4n) is 1.50. The molecule has 0 aliphatic rings. The molecule has 0 heterocycles. The molecule has 0 saturated heterocycles. The highest BCUT2D eigenvalue weighted by molar-refractivity contribution is 6.30. The molecule has 0 bridgehead atoms. The van der Waals surface area contributed by atoms with E-state index in [1.54, 1.807) is 13.1 Å². The van der Waals surface area contributed by atoms with Gasteiger partial charge in [0.1, 0.15) is 5.82 Å². The summed E-state index contributed by atoms with van der Waals surface area (Å²) < 4.78 is 13.4. The van der Waals surface area contributed by atoms with E-state index in [0.717, 1.165) is 0 Å². The van der Waals surface area contributed by atoms with E-state index < -0.39 is 0 Å². The van der Waals surface area contributed by atoms with Crippen LogP contribution in [-0.4, -0.2) is 24.4 Å². The number of benzene rings is 1. The van der Waals surface area contributed by atoms with E-state index in [0.29, 0.717) is 23.6 Å². The second-order valence-corrected chi connectivity index (χ2v) is 4.40. The largest absolute Gasteiger partial charge is 0.345 e. The van der Waals surface area contributed by atoms with Gasteiger partial charge in [0.25, 0.3) is 0 Å². The second kappa shape index (κ2) is 6.97. The van der Waals surface area contributed by atoms with Gasteiger partial charge in [-0.2, -0.15) is 5.26 Å². The smallest absolute Gasteiger partial charge is 0.223 e. The van der Waals surface area contributed by atoms with Crippen LogP contribution >= 0.6 is 11.6 Å². The molecule has 0 saturated carbocycles. The van der Waals surface area contributed by atoms with Gasteiger partial charge in [-0.05, 0) is 30.2 Å². The van der Waals surface area contributed by atoms with Crippen molar-refractivity contribution in [2.24, 2.45) is 0 Å². The monoisotopic (exact) mass is 268 g/mol. The van der Waals surface area contributed by atoms with Crippen molar-refractivity contribution in [1.82, 2.24) is 4.90 Å². The number of rotatable bonds is 5. The summed E-state index contributed by atoms with van der Waals surface area (Å²) in [4.78, 5) is 13.0. The summed E-state index contributed by atoms with van der Waals surface area (Å²) in [5, 5.41) is 8.86. The van der Waals surface area contributed by atoms with Gasteiger partial charge in [0.2, 0.25) is 5.91 Å². The first kappa shape index (κ1) is 14.5. The van der Waals surface area contributed by atoms with Crippen molar-refractivity contribution in [3.8, 4) is 6.07 Å². The van der Waals surface area contributed by atoms with E-state index in [-0.39, 0.29) is 24.6 Å². The molecule has 0 aliphatic heterocycles. The van der Waals surface area contributed by atoms with Crippen molar-refractivity contribution in [3.63, 3.8) is 0 Å². The lowest BCUT2D eigenvalue weighted by molar-refractivity contribution is -0.129.